The Labute approximate surface area is 143 Å². The van der Waals surface area contributed by atoms with E-state index in [4.69, 9.17) is 21.1 Å². The molecule has 0 saturated heterocycles. The minimum absolute atomic E-state index is 0.253. The van der Waals surface area contributed by atoms with Crippen molar-refractivity contribution in [2.24, 2.45) is 0 Å². The van der Waals surface area contributed by atoms with Gasteiger partial charge in [-0.25, -0.2) is 4.79 Å². The summed E-state index contributed by atoms with van der Waals surface area (Å²) in [6.07, 6.45) is 2.50. The first kappa shape index (κ1) is 17.9. The van der Waals surface area contributed by atoms with E-state index < -0.39 is 5.60 Å². The van der Waals surface area contributed by atoms with Gasteiger partial charge in [0.1, 0.15) is 11.4 Å². The number of alkyl halides is 1. The lowest BCUT2D eigenvalue weighted by atomic mass is 10.00. The zero-order valence-electron chi connectivity index (χ0n) is 14.2. The van der Waals surface area contributed by atoms with Crippen LogP contribution in [0.1, 0.15) is 44.7 Å². The molecule has 0 atom stereocenters. The second kappa shape index (κ2) is 7.91. The van der Waals surface area contributed by atoms with Gasteiger partial charge in [0.05, 0.1) is 6.61 Å². The molecule has 0 saturated carbocycles. The fourth-order valence-corrected chi connectivity index (χ4v) is 2.68. The lowest BCUT2D eigenvalue weighted by Gasteiger charge is -2.31. The van der Waals surface area contributed by atoms with Crippen molar-refractivity contribution in [2.75, 3.05) is 19.0 Å². The number of rotatable bonds is 5. The van der Waals surface area contributed by atoms with E-state index in [9.17, 15) is 4.79 Å². The summed E-state index contributed by atoms with van der Waals surface area (Å²) in [5, 5.41) is 0. The Morgan fingerprint density at radius 3 is 2.74 bits per heavy atom. The molecule has 1 aromatic carbocycles. The summed E-state index contributed by atoms with van der Waals surface area (Å²) in [6, 6.07) is 6.13. The molecule has 0 unspecified atom stereocenters. The van der Waals surface area contributed by atoms with Crippen molar-refractivity contribution in [3.63, 3.8) is 0 Å². The van der Waals surface area contributed by atoms with Gasteiger partial charge in [0.25, 0.3) is 0 Å². The van der Waals surface area contributed by atoms with E-state index in [0.717, 1.165) is 30.6 Å². The molecule has 23 heavy (non-hydrogen) atoms. The van der Waals surface area contributed by atoms with E-state index in [1.54, 1.807) is 4.90 Å². The number of ether oxygens (including phenoxy) is 2. The van der Waals surface area contributed by atoms with Gasteiger partial charge in [0.2, 0.25) is 0 Å². The second-order valence-corrected chi connectivity index (χ2v) is 7.20. The van der Waals surface area contributed by atoms with Crippen LogP contribution in [0, 0.1) is 0 Å². The first-order valence-electron chi connectivity index (χ1n) is 8.17. The predicted molar refractivity (Wildman–Crippen MR) is 92.2 cm³/mol. The number of hydrogen-bond donors (Lipinski definition) is 0. The molecule has 0 N–H and O–H groups in total. The van der Waals surface area contributed by atoms with Crippen molar-refractivity contribution in [3.05, 3.63) is 29.3 Å². The molecule has 0 spiro atoms. The standard InChI is InChI=1S/C18H26ClNO3/c1-18(2,3)23-17(21)20-10-8-14-6-7-16(12-15(14)13-20)22-11-5-4-9-19/h6-7,12H,4-5,8-11,13H2,1-3H3. The number of nitrogens with zero attached hydrogens (tertiary/aromatic N) is 1. The first-order chi connectivity index (χ1) is 10.9. The number of halogens is 1. The van der Waals surface area contributed by atoms with Gasteiger partial charge < -0.3 is 14.4 Å². The summed E-state index contributed by atoms with van der Waals surface area (Å²) >= 11 is 5.66. The molecule has 128 valence electrons. The Morgan fingerprint density at radius 1 is 1.26 bits per heavy atom. The molecule has 0 fully saturated rings. The molecule has 5 heteroatoms. The largest absolute Gasteiger partial charge is 0.494 e. The lowest BCUT2D eigenvalue weighted by Crippen LogP contribution is -2.39. The van der Waals surface area contributed by atoms with Crippen molar-refractivity contribution in [3.8, 4) is 5.75 Å². The normalized spacial score (nSPS) is 14.3. The number of carbonyl (C=O) groups excluding carboxylic acids is 1. The summed E-state index contributed by atoms with van der Waals surface area (Å²) in [7, 11) is 0. The minimum Gasteiger partial charge on any atom is -0.494 e. The quantitative estimate of drug-likeness (QED) is 0.590. The van der Waals surface area contributed by atoms with Gasteiger partial charge in [-0.1, -0.05) is 6.07 Å². The van der Waals surface area contributed by atoms with Crippen LogP contribution in [0.3, 0.4) is 0 Å². The van der Waals surface area contributed by atoms with Crippen LogP contribution in [0.15, 0.2) is 18.2 Å². The zero-order valence-corrected chi connectivity index (χ0v) is 15.0. The molecular weight excluding hydrogens is 314 g/mol. The Kier molecular flexibility index (Phi) is 6.17. The highest BCUT2D eigenvalue weighted by Crippen LogP contribution is 2.25. The highest BCUT2D eigenvalue weighted by Gasteiger charge is 2.25. The maximum absolute atomic E-state index is 12.2. The summed E-state index contributed by atoms with van der Waals surface area (Å²) in [5.41, 5.74) is 1.94. The van der Waals surface area contributed by atoms with E-state index in [-0.39, 0.29) is 6.09 Å². The summed E-state index contributed by atoms with van der Waals surface area (Å²) in [6.45, 7) is 7.59. The number of unbranched alkanes of at least 4 members (excludes halogenated alkanes) is 1. The fraction of sp³-hybridized carbons (Fsp3) is 0.611. The second-order valence-electron chi connectivity index (χ2n) is 6.83. The van der Waals surface area contributed by atoms with Crippen LogP contribution in [-0.2, 0) is 17.7 Å². The van der Waals surface area contributed by atoms with Crippen LogP contribution >= 0.6 is 11.6 Å². The zero-order chi connectivity index (χ0) is 16.9. The average molecular weight is 340 g/mol. The Morgan fingerprint density at radius 2 is 2.04 bits per heavy atom. The van der Waals surface area contributed by atoms with Gasteiger partial charge >= 0.3 is 6.09 Å². The third-order valence-corrected chi connectivity index (χ3v) is 3.91. The number of amides is 1. The SMILES string of the molecule is CC(C)(C)OC(=O)N1CCc2ccc(OCCCCCl)cc2C1. The van der Waals surface area contributed by atoms with Crippen LogP contribution in [-0.4, -0.2) is 35.6 Å². The highest BCUT2D eigenvalue weighted by atomic mass is 35.5. The monoisotopic (exact) mass is 339 g/mol. The Balaban J connectivity index is 1.97. The van der Waals surface area contributed by atoms with Gasteiger partial charge in [-0.05, 0) is 63.3 Å². The van der Waals surface area contributed by atoms with Gasteiger partial charge in [0.15, 0.2) is 0 Å². The van der Waals surface area contributed by atoms with E-state index in [1.165, 1.54) is 5.56 Å². The van der Waals surface area contributed by atoms with Crippen molar-refractivity contribution in [1.82, 2.24) is 4.90 Å². The molecule has 1 heterocycles. The summed E-state index contributed by atoms with van der Waals surface area (Å²) in [5.74, 6) is 1.52. The summed E-state index contributed by atoms with van der Waals surface area (Å²) in [4.78, 5) is 14.0. The molecule has 4 nitrogen and oxygen atoms in total. The molecule has 1 aliphatic rings. The van der Waals surface area contributed by atoms with Crippen molar-refractivity contribution in [2.45, 2.75) is 52.2 Å². The van der Waals surface area contributed by atoms with Crippen molar-refractivity contribution < 1.29 is 14.3 Å². The number of fused-ring (bicyclic) bond motifs is 1. The van der Waals surface area contributed by atoms with Crippen LogP contribution in [0.2, 0.25) is 0 Å². The molecule has 1 aliphatic heterocycles. The average Bonchev–Trinajstić information content (AvgIpc) is 2.49. The van der Waals surface area contributed by atoms with E-state index in [1.807, 2.05) is 32.9 Å². The Bertz CT molecular complexity index is 540. The number of carbonyl (C=O) groups is 1. The minimum atomic E-state index is -0.468. The topological polar surface area (TPSA) is 38.8 Å². The fourth-order valence-electron chi connectivity index (χ4n) is 2.49. The summed E-state index contributed by atoms with van der Waals surface area (Å²) < 4.78 is 11.2. The van der Waals surface area contributed by atoms with E-state index in [0.29, 0.717) is 25.6 Å². The van der Waals surface area contributed by atoms with Crippen LogP contribution in [0.5, 0.6) is 5.75 Å². The number of benzene rings is 1. The molecule has 0 bridgehead atoms. The van der Waals surface area contributed by atoms with Crippen LogP contribution in [0.25, 0.3) is 0 Å². The van der Waals surface area contributed by atoms with Gasteiger partial charge in [-0.3, -0.25) is 0 Å². The highest BCUT2D eigenvalue weighted by molar-refractivity contribution is 6.17. The van der Waals surface area contributed by atoms with Gasteiger partial charge in [-0.15, -0.1) is 11.6 Å². The van der Waals surface area contributed by atoms with Gasteiger partial charge in [-0.2, -0.15) is 0 Å². The molecule has 2 rings (SSSR count). The molecule has 0 radical (unpaired) electrons. The molecule has 1 amide bonds. The molecule has 1 aromatic rings. The third kappa shape index (κ3) is 5.61. The van der Waals surface area contributed by atoms with Crippen molar-refractivity contribution >= 4 is 17.7 Å². The van der Waals surface area contributed by atoms with E-state index >= 15 is 0 Å². The predicted octanol–water partition coefficient (Wildman–Crippen LogP) is 4.38. The third-order valence-electron chi connectivity index (χ3n) is 3.64. The first-order valence-corrected chi connectivity index (χ1v) is 8.71. The van der Waals surface area contributed by atoms with Crippen molar-refractivity contribution in [1.29, 1.82) is 0 Å². The maximum atomic E-state index is 12.2. The van der Waals surface area contributed by atoms with Crippen LogP contribution in [0.4, 0.5) is 4.79 Å². The lowest BCUT2D eigenvalue weighted by molar-refractivity contribution is 0.0223. The smallest absolute Gasteiger partial charge is 0.410 e. The molecular formula is C18H26ClNO3. The number of hydrogen-bond acceptors (Lipinski definition) is 3. The molecule has 0 aliphatic carbocycles. The maximum Gasteiger partial charge on any atom is 0.410 e. The van der Waals surface area contributed by atoms with Crippen LogP contribution < -0.4 is 4.74 Å². The van der Waals surface area contributed by atoms with Gasteiger partial charge in [0, 0.05) is 19.0 Å². The van der Waals surface area contributed by atoms with E-state index in [2.05, 4.69) is 6.07 Å². The Hall–Kier alpha value is -1.42. The molecule has 0 aromatic heterocycles.